The fourth-order valence-electron chi connectivity index (χ4n) is 1.79. The molecule has 1 aromatic carbocycles. The Balaban J connectivity index is 1.96. The van der Waals surface area contributed by atoms with Crippen molar-refractivity contribution in [2.45, 2.75) is 6.61 Å². The predicted octanol–water partition coefficient (Wildman–Crippen LogP) is 1.82. The second-order valence-electron chi connectivity index (χ2n) is 4.19. The summed E-state index contributed by atoms with van der Waals surface area (Å²) in [5.41, 5.74) is 3.49. The van der Waals surface area contributed by atoms with Crippen LogP contribution in [0.15, 0.2) is 36.5 Å². The summed E-state index contributed by atoms with van der Waals surface area (Å²) >= 11 is 0. The predicted molar refractivity (Wildman–Crippen MR) is 72.2 cm³/mol. The van der Waals surface area contributed by atoms with Gasteiger partial charge in [-0.1, -0.05) is 24.3 Å². The molecule has 0 aliphatic heterocycles. The van der Waals surface area contributed by atoms with E-state index in [-0.39, 0.29) is 0 Å². The van der Waals surface area contributed by atoms with Gasteiger partial charge in [0.15, 0.2) is 0 Å². The Bertz CT molecular complexity index is 476. The van der Waals surface area contributed by atoms with E-state index in [2.05, 4.69) is 34.7 Å². The average molecular weight is 245 g/mol. The van der Waals surface area contributed by atoms with Crippen LogP contribution in [-0.4, -0.2) is 30.0 Å². The second-order valence-corrected chi connectivity index (χ2v) is 4.19. The Morgan fingerprint density at radius 3 is 2.61 bits per heavy atom. The molecule has 1 heterocycles. The largest absolute Gasteiger partial charge is 0.375 e. The molecule has 0 spiro atoms. The first kappa shape index (κ1) is 12.8. The number of nitrogens with zero attached hydrogens (tertiary/aromatic N) is 2. The fourth-order valence-corrected chi connectivity index (χ4v) is 1.79. The van der Waals surface area contributed by atoms with E-state index in [4.69, 9.17) is 4.74 Å². The molecule has 2 rings (SSSR count). The van der Waals surface area contributed by atoms with Gasteiger partial charge < -0.3 is 10.1 Å². The number of aryl methyl sites for hydroxylation is 1. The molecular formula is C14H19N3O. The number of hydrogen-bond acceptors (Lipinski definition) is 3. The van der Waals surface area contributed by atoms with E-state index in [0.29, 0.717) is 6.61 Å². The molecule has 4 heteroatoms. The van der Waals surface area contributed by atoms with Gasteiger partial charge in [-0.25, -0.2) is 0 Å². The van der Waals surface area contributed by atoms with E-state index in [0.717, 1.165) is 18.8 Å². The van der Waals surface area contributed by atoms with Gasteiger partial charge in [0, 0.05) is 19.8 Å². The van der Waals surface area contributed by atoms with Crippen LogP contribution in [0, 0.1) is 0 Å². The van der Waals surface area contributed by atoms with Crippen LogP contribution in [0.2, 0.25) is 0 Å². The molecule has 18 heavy (non-hydrogen) atoms. The van der Waals surface area contributed by atoms with Crippen molar-refractivity contribution in [2.75, 3.05) is 20.2 Å². The van der Waals surface area contributed by atoms with Gasteiger partial charge in [0.25, 0.3) is 0 Å². The first-order chi connectivity index (χ1) is 8.81. The molecule has 4 nitrogen and oxygen atoms in total. The van der Waals surface area contributed by atoms with Gasteiger partial charge in [0.05, 0.1) is 18.9 Å². The maximum Gasteiger partial charge on any atom is 0.0717 e. The lowest BCUT2D eigenvalue weighted by molar-refractivity contribution is 0.124. The molecule has 0 amide bonds. The van der Waals surface area contributed by atoms with Crippen molar-refractivity contribution in [2.24, 2.45) is 7.05 Å². The number of nitrogens with one attached hydrogen (secondary N) is 1. The summed E-state index contributed by atoms with van der Waals surface area (Å²) in [5.74, 6) is 0. The summed E-state index contributed by atoms with van der Waals surface area (Å²) in [6, 6.07) is 10.4. The third-order valence-corrected chi connectivity index (χ3v) is 2.84. The van der Waals surface area contributed by atoms with Gasteiger partial charge >= 0.3 is 0 Å². The third-order valence-electron chi connectivity index (χ3n) is 2.84. The summed E-state index contributed by atoms with van der Waals surface area (Å²) in [5, 5.41) is 7.22. The summed E-state index contributed by atoms with van der Waals surface area (Å²) in [4.78, 5) is 0. The van der Waals surface area contributed by atoms with E-state index >= 15 is 0 Å². The van der Waals surface area contributed by atoms with Gasteiger partial charge in [-0.15, -0.1) is 0 Å². The van der Waals surface area contributed by atoms with E-state index in [9.17, 15) is 0 Å². The van der Waals surface area contributed by atoms with Crippen molar-refractivity contribution in [3.8, 4) is 11.3 Å². The first-order valence-corrected chi connectivity index (χ1v) is 6.11. The van der Waals surface area contributed by atoms with Gasteiger partial charge in [-0.3, -0.25) is 4.68 Å². The Kier molecular flexibility index (Phi) is 4.50. The molecule has 2 aromatic rings. The van der Waals surface area contributed by atoms with Crippen LogP contribution >= 0.6 is 0 Å². The van der Waals surface area contributed by atoms with Crippen LogP contribution in [-0.2, 0) is 18.4 Å². The van der Waals surface area contributed by atoms with Gasteiger partial charge in [-0.05, 0) is 24.2 Å². The smallest absolute Gasteiger partial charge is 0.0717 e. The SMILES string of the molecule is CNCCOCc1ccc(-c2ccnn2C)cc1. The number of rotatable bonds is 6. The molecule has 0 bridgehead atoms. The molecule has 0 unspecified atom stereocenters. The van der Waals surface area contributed by atoms with E-state index in [1.807, 2.05) is 31.0 Å². The Hall–Kier alpha value is -1.65. The molecule has 0 aliphatic rings. The lowest BCUT2D eigenvalue weighted by Crippen LogP contribution is -2.13. The van der Waals surface area contributed by atoms with Crippen molar-refractivity contribution in [3.63, 3.8) is 0 Å². The molecule has 1 aromatic heterocycles. The molecule has 96 valence electrons. The Morgan fingerprint density at radius 2 is 2.00 bits per heavy atom. The summed E-state index contributed by atoms with van der Waals surface area (Å²) in [7, 11) is 3.87. The number of likely N-dealkylation sites (N-methyl/N-ethyl adjacent to an activating group) is 1. The minimum Gasteiger partial charge on any atom is -0.375 e. The van der Waals surface area contributed by atoms with Crippen LogP contribution in [0.25, 0.3) is 11.3 Å². The summed E-state index contributed by atoms with van der Waals surface area (Å²) < 4.78 is 7.41. The minimum absolute atomic E-state index is 0.660. The van der Waals surface area contributed by atoms with E-state index in [1.165, 1.54) is 11.1 Å². The highest BCUT2D eigenvalue weighted by molar-refractivity contribution is 5.59. The van der Waals surface area contributed by atoms with Crippen molar-refractivity contribution >= 4 is 0 Å². The highest BCUT2D eigenvalue weighted by Crippen LogP contribution is 2.18. The van der Waals surface area contributed by atoms with Crippen molar-refractivity contribution in [1.82, 2.24) is 15.1 Å². The summed E-state index contributed by atoms with van der Waals surface area (Å²) in [6.45, 7) is 2.28. The zero-order chi connectivity index (χ0) is 12.8. The minimum atomic E-state index is 0.660. The van der Waals surface area contributed by atoms with Gasteiger partial charge in [0.1, 0.15) is 0 Å². The lowest BCUT2D eigenvalue weighted by atomic mass is 10.1. The fraction of sp³-hybridized carbons (Fsp3) is 0.357. The quantitative estimate of drug-likeness (QED) is 0.789. The monoisotopic (exact) mass is 245 g/mol. The third kappa shape index (κ3) is 3.18. The highest BCUT2D eigenvalue weighted by atomic mass is 16.5. The molecule has 0 radical (unpaired) electrons. The maximum atomic E-state index is 5.53. The lowest BCUT2D eigenvalue weighted by Gasteiger charge is -2.06. The van der Waals surface area contributed by atoms with Crippen molar-refractivity contribution in [1.29, 1.82) is 0 Å². The van der Waals surface area contributed by atoms with Gasteiger partial charge in [-0.2, -0.15) is 5.10 Å². The van der Waals surface area contributed by atoms with Crippen LogP contribution < -0.4 is 5.32 Å². The molecule has 0 aliphatic carbocycles. The molecule has 0 atom stereocenters. The van der Waals surface area contributed by atoms with Crippen LogP contribution in [0.5, 0.6) is 0 Å². The molecule has 0 fully saturated rings. The summed E-state index contributed by atoms with van der Waals surface area (Å²) in [6.07, 6.45) is 1.81. The number of hydrogen-bond donors (Lipinski definition) is 1. The normalized spacial score (nSPS) is 10.8. The van der Waals surface area contributed by atoms with E-state index in [1.54, 1.807) is 0 Å². The molecule has 0 saturated carbocycles. The molecular weight excluding hydrogens is 226 g/mol. The van der Waals surface area contributed by atoms with Crippen molar-refractivity contribution in [3.05, 3.63) is 42.1 Å². The highest BCUT2D eigenvalue weighted by Gasteiger charge is 2.02. The van der Waals surface area contributed by atoms with Crippen LogP contribution in [0.4, 0.5) is 0 Å². The molecule has 1 N–H and O–H groups in total. The Labute approximate surface area is 108 Å². The van der Waals surface area contributed by atoms with Crippen LogP contribution in [0.1, 0.15) is 5.56 Å². The number of benzene rings is 1. The molecule has 0 saturated heterocycles. The van der Waals surface area contributed by atoms with E-state index < -0.39 is 0 Å². The first-order valence-electron chi connectivity index (χ1n) is 6.11. The van der Waals surface area contributed by atoms with Gasteiger partial charge in [0.2, 0.25) is 0 Å². The second kappa shape index (κ2) is 6.33. The topological polar surface area (TPSA) is 39.1 Å². The zero-order valence-electron chi connectivity index (χ0n) is 10.9. The van der Waals surface area contributed by atoms with Crippen molar-refractivity contribution < 1.29 is 4.74 Å². The maximum absolute atomic E-state index is 5.53. The average Bonchev–Trinajstić information content (AvgIpc) is 2.82. The number of ether oxygens (including phenoxy) is 1. The standard InChI is InChI=1S/C14H19N3O/c1-15-9-10-18-11-12-3-5-13(6-4-12)14-7-8-16-17(14)2/h3-8,15H,9-11H2,1-2H3. The number of aromatic nitrogens is 2. The zero-order valence-corrected chi connectivity index (χ0v) is 10.9. The van der Waals surface area contributed by atoms with Crippen LogP contribution in [0.3, 0.4) is 0 Å². The Morgan fingerprint density at radius 1 is 1.22 bits per heavy atom.